The van der Waals surface area contributed by atoms with Gasteiger partial charge in [0.05, 0.1) is 13.0 Å². The Kier molecular flexibility index (Phi) is 3.87. The summed E-state index contributed by atoms with van der Waals surface area (Å²) in [5, 5.41) is 28.5. The van der Waals surface area contributed by atoms with Gasteiger partial charge < -0.3 is 20.1 Å². The van der Waals surface area contributed by atoms with Crippen LogP contribution in [0.1, 0.15) is 6.42 Å². The van der Waals surface area contributed by atoms with Crippen LogP contribution in [0, 0.1) is 0 Å². The highest BCUT2D eigenvalue weighted by molar-refractivity contribution is 6.06. The third-order valence-electron chi connectivity index (χ3n) is 3.38. The first-order valence-corrected chi connectivity index (χ1v) is 5.78. The van der Waals surface area contributed by atoms with Crippen molar-refractivity contribution in [3.63, 3.8) is 0 Å². The minimum Gasteiger partial charge on any atom is -0.393 e. The summed E-state index contributed by atoms with van der Waals surface area (Å²) in [6.45, 7) is -1.23. The summed E-state index contributed by atoms with van der Waals surface area (Å²) in [6, 6.07) is 0. The number of halogens is 2. The Morgan fingerprint density at radius 2 is 2.10 bits per heavy atom. The lowest BCUT2D eigenvalue weighted by Gasteiger charge is -2.31. The second-order valence-electron chi connectivity index (χ2n) is 4.62. The van der Waals surface area contributed by atoms with E-state index in [2.05, 4.69) is 0 Å². The highest BCUT2D eigenvalue weighted by atomic mass is 19.3. The zero-order valence-corrected chi connectivity index (χ0v) is 10.1. The number of alkyl halides is 2. The lowest BCUT2D eigenvalue weighted by molar-refractivity contribution is -0.202. The van der Waals surface area contributed by atoms with E-state index in [0.29, 0.717) is 0 Å². The van der Waals surface area contributed by atoms with Crippen molar-refractivity contribution >= 4 is 11.7 Å². The van der Waals surface area contributed by atoms with Gasteiger partial charge in [-0.3, -0.25) is 14.5 Å². The van der Waals surface area contributed by atoms with Crippen LogP contribution in [-0.4, -0.2) is 69.0 Å². The number of aliphatic hydroxyl groups is 3. The molecule has 0 saturated carbocycles. The number of ketones is 1. The second kappa shape index (κ2) is 5.17. The number of aliphatic hydroxyl groups excluding tert-OH is 3. The lowest BCUT2D eigenvalue weighted by Crippen LogP contribution is -2.52. The van der Waals surface area contributed by atoms with Gasteiger partial charge in [0.15, 0.2) is 17.6 Å². The number of amides is 1. The molecule has 20 heavy (non-hydrogen) atoms. The number of rotatable bonds is 3. The highest BCUT2D eigenvalue weighted by Crippen LogP contribution is 2.38. The maximum Gasteiger partial charge on any atom is 0.272 e. The monoisotopic (exact) mass is 293 g/mol. The molecule has 0 unspecified atom stereocenters. The maximum atomic E-state index is 13.0. The van der Waals surface area contributed by atoms with Crippen LogP contribution >= 0.6 is 0 Å². The van der Waals surface area contributed by atoms with E-state index in [0.717, 1.165) is 17.2 Å². The van der Waals surface area contributed by atoms with Gasteiger partial charge >= 0.3 is 0 Å². The lowest BCUT2D eigenvalue weighted by atomic mass is 9.96. The van der Waals surface area contributed by atoms with Gasteiger partial charge in [-0.1, -0.05) is 0 Å². The molecule has 0 spiro atoms. The molecule has 4 atom stereocenters. The first-order valence-electron chi connectivity index (χ1n) is 5.78. The van der Waals surface area contributed by atoms with E-state index in [1.807, 2.05) is 0 Å². The van der Waals surface area contributed by atoms with Crippen molar-refractivity contribution in [1.29, 1.82) is 0 Å². The van der Waals surface area contributed by atoms with Gasteiger partial charge in [0.2, 0.25) is 5.91 Å². The van der Waals surface area contributed by atoms with Gasteiger partial charge in [0.1, 0.15) is 12.2 Å². The van der Waals surface area contributed by atoms with Crippen LogP contribution in [0.4, 0.5) is 8.78 Å². The molecule has 0 aromatic rings. The van der Waals surface area contributed by atoms with Crippen molar-refractivity contribution in [2.45, 2.75) is 36.9 Å². The SMILES string of the molecule is O=C1C=CN([C@@H]2O[C@@](CO)(C(F)F)[C@@H](O)[C@@H]2O)C(=O)C1. The molecule has 3 N–H and O–H groups in total. The van der Waals surface area contributed by atoms with Crippen molar-refractivity contribution in [1.82, 2.24) is 4.90 Å². The first kappa shape index (κ1) is 15.0. The Labute approximate surface area is 112 Å². The molecule has 7 nitrogen and oxygen atoms in total. The van der Waals surface area contributed by atoms with Crippen LogP contribution in [0.15, 0.2) is 12.3 Å². The average molecular weight is 293 g/mol. The minimum absolute atomic E-state index is 0.471. The Bertz CT molecular complexity index is 456. The predicted octanol–water partition coefficient (Wildman–Crippen LogP) is -1.62. The smallest absolute Gasteiger partial charge is 0.272 e. The van der Waals surface area contributed by atoms with Crippen LogP contribution < -0.4 is 0 Å². The molecular weight excluding hydrogens is 280 g/mol. The zero-order valence-electron chi connectivity index (χ0n) is 10.1. The molecule has 2 heterocycles. The quantitative estimate of drug-likeness (QED) is 0.540. The van der Waals surface area contributed by atoms with E-state index in [1.165, 1.54) is 0 Å². The molecule has 9 heteroatoms. The van der Waals surface area contributed by atoms with E-state index in [1.54, 1.807) is 0 Å². The van der Waals surface area contributed by atoms with Crippen molar-refractivity contribution in [3.05, 3.63) is 12.3 Å². The summed E-state index contributed by atoms with van der Waals surface area (Å²) in [5.74, 6) is -1.22. The van der Waals surface area contributed by atoms with E-state index in [-0.39, 0.29) is 0 Å². The van der Waals surface area contributed by atoms with Gasteiger partial charge in [-0.25, -0.2) is 8.78 Å². The summed E-state index contributed by atoms with van der Waals surface area (Å²) in [6.07, 6.45) is -7.23. The molecule has 112 valence electrons. The van der Waals surface area contributed by atoms with Gasteiger partial charge in [-0.15, -0.1) is 0 Å². The van der Waals surface area contributed by atoms with Crippen LogP contribution in [0.25, 0.3) is 0 Å². The summed E-state index contributed by atoms with van der Waals surface area (Å²) in [5.41, 5.74) is -2.67. The Morgan fingerprint density at radius 1 is 1.45 bits per heavy atom. The number of hydrogen-bond donors (Lipinski definition) is 3. The second-order valence-corrected chi connectivity index (χ2v) is 4.62. The number of carbonyl (C=O) groups is 2. The van der Waals surface area contributed by atoms with Gasteiger partial charge in [-0.2, -0.15) is 0 Å². The van der Waals surface area contributed by atoms with E-state index >= 15 is 0 Å². The molecule has 0 aliphatic carbocycles. The molecule has 0 aromatic carbocycles. The van der Waals surface area contributed by atoms with Crippen molar-refractivity contribution in [3.8, 4) is 0 Å². The molecule has 1 saturated heterocycles. The summed E-state index contributed by atoms with van der Waals surface area (Å²) in [7, 11) is 0. The molecule has 2 rings (SSSR count). The van der Waals surface area contributed by atoms with Crippen LogP contribution in [0.5, 0.6) is 0 Å². The minimum atomic E-state index is -3.27. The Balaban J connectivity index is 2.29. The van der Waals surface area contributed by atoms with Crippen LogP contribution in [-0.2, 0) is 14.3 Å². The normalized spacial score (nSPS) is 38.1. The summed E-state index contributed by atoms with van der Waals surface area (Å²) >= 11 is 0. The topological polar surface area (TPSA) is 107 Å². The molecule has 0 aromatic heterocycles. The van der Waals surface area contributed by atoms with Crippen LogP contribution in [0.3, 0.4) is 0 Å². The van der Waals surface area contributed by atoms with E-state index in [4.69, 9.17) is 9.84 Å². The number of hydrogen-bond acceptors (Lipinski definition) is 6. The zero-order chi connectivity index (χ0) is 15.1. The fourth-order valence-electron chi connectivity index (χ4n) is 2.18. The predicted molar refractivity (Wildman–Crippen MR) is 58.3 cm³/mol. The number of carbonyl (C=O) groups excluding carboxylic acids is 2. The standard InChI is InChI=1S/C11H13F2NO6/c12-10(13)11(4-15)8(19)7(18)9(20-11)14-2-1-5(16)3-6(14)17/h1-2,7-10,15,18-19H,3-4H2/t7-,8-,9+,11+/m0/s1. The third kappa shape index (κ3) is 2.12. The fraction of sp³-hybridized carbons (Fsp3) is 0.636. The van der Waals surface area contributed by atoms with Gasteiger partial charge in [-0.05, 0) is 6.08 Å². The Morgan fingerprint density at radius 3 is 2.55 bits per heavy atom. The Hall–Kier alpha value is -1.42. The van der Waals surface area contributed by atoms with Crippen molar-refractivity contribution in [2.75, 3.05) is 6.61 Å². The number of ether oxygens (including phenoxy) is 1. The van der Waals surface area contributed by atoms with Crippen molar-refractivity contribution < 1.29 is 38.4 Å². The van der Waals surface area contributed by atoms with Gasteiger partial charge in [0, 0.05) is 6.20 Å². The molecule has 1 amide bonds. The summed E-state index contributed by atoms with van der Waals surface area (Å²) in [4.78, 5) is 23.4. The highest BCUT2D eigenvalue weighted by Gasteiger charge is 2.61. The summed E-state index contributed by atoms with van der Waals surface area (Å²) < 4.78 is 30.8. The fourth-order valence-corrected chi connectivity index (χ4v) is 2.18. The molecule has 2 aliphatic rings. The first-order chi connectivity index (χ1) is 9.33. The van der Waals surface area contributed by atoms with Crippen LogP contribution in [0.2, 0.25) is 0 Å². The van der Waals surface area contributed by atoms with Crippen molar-refractivity contribution in [2.24, 2.45) is 0 Å². The van der Waals surface area contributed by atoms with E-state index in [9.17, 15) is 28.6 Å². The van der Waals surface area contributed by atoms with Gasteiger partial charge in [0.25, 0.3) is 6.43 Å². The largest absolute Gasteiger partial charge is 0.393 e. The molecular formula is C11H13F2NO6. The molecule has 0 bridgehead atoms. The average Bonchev–Trinajstić information content (AvgIpc) is 2.64. The third-order valence-corrected chi connectivity index (χ3v) is 3.38. The molecule has 2 aliphatic heterocycles. The maximum absolute atomic E-state index is 13.0. The molecule has 1 fully saturated rings. The molecule has 0 radical (unpaired) electrons. The van der Waals surface area contributed by atoms with E-state index < -0.39 is 55.2 Å². The number of allylic oxidation sites excluding steroid dienone is 1. The number of nitrogens with zero attached hydrogens (tertiary/aromatic N) is 1.